The summed E-state index contributed by atoms with van der Waals surface area (Å²) >= 11 is 0. The van der Waals surface area contributed by atoms with Crippen LogP contribution in [0.4, 0.5) is 0 Å². The van der Waals surface area contributed by atoms with E-state index in [9.17, 15) is 0 Å². The highest BCUT2D eigenvalue weighted by molar-refractivity contribution is 5.72. The summed E-state index contributed by atoms with van der Waals surface area (Å²) in [6.07, 6.45) is 0. The molecule has 2 rings (SSSR count). The Morgan fingerprint density at radius 2 is 1.62 bits per heavy atom. The molecule has 0 aliphatic heterocycles. The van der Waals surface area contributed by atoms with Crippen LogP contribution in [0.25, 0.3) is 11.0 Å². The van der Waals surface area contributed by atoms with Crippen molar-refractivity contribution >= 4 is 17.5 Å². The maximum Gasteiger partial charge on any atom is 0.290 e. The van der Waals surface area contributed by atoms with Crippen molar-refractivity contribution in [2.75, 3.05) is 0 Å². The van der Waals surface area contributed by atoms with Gasteiger partial charge in [-0.15, -0.1) is 0 Å². The number of nitrogens with one attached hydrogen (secondary N) is 1. The van der Waals surface area contributed by atoms with Gasteiger partial charge in [-0.3, -0.25) is 4.79 Å². The summed E-state index contributed by atoms with van der Waals surface area (Å²) in [6, 6.07) is 7.70. The predicted molar refractivity (Wildman–Crippen MR) is 47.6 cm³/mol. The quantitative estimate of drug-likeness (QED) is 0.522. The first-order chi connectivity index (χ1) is 5.88. The van der Waals surface area contributed by atoms with Gasteiger partial charge in [0.2, 0.25) is 0 Å². The largest absolute Gasteiger partial charge is 0.483 e. The van der Waals surface area contributed by atoms with Crippen LogP contribution in [-0.4, -0.2) is 27.0 Å². The van der Waals surface area contributed by atoms with Crippen LogP contribution < -0.4 is 6.15 Å². The van der Waals surface area contributed by atoms with Gasteiger partial charge in [0.15, 0.2) is 0 Å². The van der Waals surface area contributed by atoms with E-state index >= 15 is 0 Å². The zero-order chi connectivity index (χ0) is 8.81. The van der Waals surface area contributed by atoms with Crippen LogP contribution in [0, 0.1) is 0 Å². The smallest absolute Gasteiger partial charge is 0.290 e. The Hall–Kier alpha value is -1.95. The molecule has 2 aromatic rings. The second-order valence-corrected chi connectivity index (χ2v) is 1.92. The topological polar surface area (TPSA) is 114 Å². The standard InChI is InChI=1S/C6H5N3.CH2O2.H3N/c1-2-4-6-5(3-1)7-9-8-6;2-1-3;/h1-4H,(H,7,8,9);1H,(H,2,3);1H3. The van der Waals surface area contributed by atoms with E-state index in [4.69, 9.17) is 9.90 Å². The van der Waals surface area contributed by atoms with E-state index in [1.807, 2.05) is 24.3 Å². The number of rotatable bonds is 0. The van der Waals surface area contributed by atoms with E-state index in [1.54, 1.807) is 0 Å². The third-order valence-corrected chi connectivity index (χ3v) is 1.22. The molecule has 1 aromatic carbocycles. The Morgan fingerprint density at radius 3 is 2.00 bits per heavy atom. The lowest BCUT2D eigenvalue weighted by atomic mass is 10.3. The van der Waals surface area contributed by atoms with Crippen LogP contribution in [-0.2, 0) is 4.79 Å². The number of carbonyl (C=O) groups is 1. The van der Waals surface area contributed by atoms with Crippen LogP contribution in [0.15, 0.2) is 24.3 Å². The Labute approximate surface area is 74.2 Å². The summed E-state index contributed by atoms with van der Waals surface area (Å²) in [5.41, 5.74) is 1.83. The predicted octanol–water partition coefficient (Wildman–Crippen LogP) is 0.821. The van der Waals surface area contributed by atoms with Crippen molar-refractivity contribution in [3.05, 3.63) is 24.3 Å². The molecule has 0 aliphatic carbocycles. The first kappa shape index (κ1) is 11.1. The van der Waals surface area contributed by atoms with E-state index in [1.165, 1.54) is 0 Å². The summed E-state index contributed by atoms with van der Waals surface area (Å²) in [5, 5.41) is 17.2. The number of carboxylic acid groups (broad SMARTS) is 1. The number of aromatic nitrogens is 3. The highest BCUT2D eigenvalue weighted by atomic mass is 16.3. The lowest BCUT2D eigenvalue weighted by Crippen LogP contribution is -1.63. The molecule has 0 aliphatic rings. The number of aromatic amines is 1. The minimum absolute atomic E-state index is 0. The first-order valence-electron chi connectivity index (χ1n) is 3.22. The molecule has 0 amide bonds. The van der Waals surface area contributed by atoms with E-state index in [2.05, 4.69) is 15.4 Å². The SMILES string of the molecule is N.O=CO.c1ccc2n[nH]nc2c1. The van der Waals surface area contributed by atoms with Gasteiger partial charge in [0, 0.05) is 0 Å². The minimum Gasteiger partial charge on any atom is -0.483 e. The van der Waals surface area contributed by atoms with Crippen molar-refractivity contribution in [2.24, 2.45) is 0 Å². The van der Waals surface area contributed by atoms with Gasteiger partial charge in [-0.1, -0.05) is 12.1 Å². The molecule has 6 nitrogen and oxygen atoms in total. The van der Waals surface area contributed by atoms with Gasteiger partial charge in [0.1, 0.15) is 11.0 Å². The highest BCUT2D eigenvalue weighted by Gasteiger charge is 1.90. The molecule has 1 aromatic heterocycles. The van der Waals surface area contributed by atoms with Gasteiger partial charge in [-0.05, 0) is 12.1 Å². The molecule has 0 unspecified atom stereocenters. The lowest BCUT2D eigenvalue weighted by molar-refractivity contribution is -0.122. The second-order valence-electron chi connectivity index (χ2n) is 1.92. The van der Waals surface area contributed by atoms with Crippen molar-refractivity contribution in [3.63, 3.8) is 0 Å². The van der Waals surface area contributed by atoms with Gasteiger partial charge >= 0.3 is 0 Å². The Bertz CT molecular complexity index is 330. The average molecular weight is 182 g/mol. The van der Waals surface area contributed by atoms with E-state index in [0.29, 0.717) is 0 Å². The average Bonchev–Trinajstić information content (AvgIpc) is 2.52. The van der Waals surface area contributed by atoms with Gasteiger partial charge in [-0.25, -0.2) is 0 Å². The molecule has 0 radical (unpaired) electrons. The van der Waals surface area contributed by atoms with Gasteiger partial charge < -0.3 is 11.3 Å². The second kappa shape index (κ2) is 5.67. The van der Waals surface area contributed by atoms with Crippen molar-refractivity contribution in [1.29, 1.82) is 0 Å². The summed E-state index contributed by atoms with van der Waals surface area (Å²) in [4.78, 5) is 8.36. The zero-order valence-electron chi connectivity index (χ0n) is 6.84. The lowest BCUT2D eigenvalue weighted by Gasteiger charge is -1.78. The summed E-state index contributed by atoms with van der Waals surface area (Å²) in [6.45, 7) is -0.250. The monoisotopic (exact) mass is 182 g/mol. The minimum atomic E-state index is -0.250. The molecule has 0 spiro atoms. The number of benzene rings is 1. The maximum absolute atomic E-state index is 8.36. The van der Waals surface area contributed by atoms with E-state index in [0.717, 1.165) is 11.0 Å². The molecule has 70 valence electrons. The first-order valence-corrected chi connectivity index (χ1v) is 3.22. The fourth-order valence-corrected chi connectivity index (χ4v) is 0.786. The summed E-state index contributed by atoms with van der Waals surface area (Å²) < 4.78 is 0. The van der Waals surface area contributed by atoms with Crippen molar-refractivity contribution < 1.29 is 9.90 Å². The Balaban J connectivity index is 0.000000324. The van der Waals surface area contributed by atoms with Crippen LogP contribution in [0.3, 0.4) is 0 Å². The molecule has 0 saturated carbocycles. The Morgan fingerprint density at radius 1 is 1.23 bits per heavy atom. The fourth-order valence-electron chi connectivity index (χ4n) is 0.786. The van der Waals surface area contributed by atoms with Crippen molar-refractivity contribution in [1.82, 2.24) is 21.6 Å². The molecular weight excluding hydrogens is 172 g/mol. The molecule has 6 heteroatoms. The van der Waals surface area contributed by atoms with Crippen LogP contribution >= 0.6 is 0 Å². The third-order valence-electron chi connectivity index (χ3n) is 1.22. The highest BCUT2D eigenvalue weighted by Crippen LogP contribution is 2.03. The number of para-hydroxylation sites is 2. The van der Waals surface area contributed by atoms with Gasteiger partial charge in [0.05, 0.1) is 0 Å². The van der Waals surface area contributed by atoms with Crippen molar-refractivity contribution in [3.8, 4) is 0 Å². The summed E-state index contributed by atoms with van der Waals surface area (Å²) in [7, 11) is 0. The fraction of sp³-hybridized carbons (Fsp3) is 0. The number of hydrogen-bond donors (Lipinski definition) is 3. The normalized spacial score (nSPS) is 8.00. The van der Waals surface area contributed by atoms with E-state index < -0.39 is 0 Å². The zero-order valence-corrected chi connectivity index (χ0v) is 6.84. The third kappa shape index (κ3) is 2.88. The van der Waals surface area contributed by atoms with Gasteiger partial charge in [0.25, 0.3) is 6.47 Å². The molecule has 0 atom stereocenters. The molecule has 0 fully saturated rings. The molecule has 5 N–H and O–H groups in total. The van der Waals surface area contributed by atoms with Crippen LogP contribution in [0.1, 0.15) is 0 Å². The number of hydrogen-bond acceptors (Lipinski definition) is 4. The van der Waals surface area contributed by atoms with Gasteiger partial charge in [-0.2, -0.15) is 15.4 Å². The van der Waals surface area contributed by atoms with E-state index in [-0.39, 0.29) is 12.6 Å². The number of H-pyrrole nitrogens is 1. The number of nitrogens with zero attached hydrogens (tertiary/aromatic N) is 2. The molecular formula is C7H10N4O2. The summed E-state index contributed by atoms with van der Waals surface area (Å²) in [5.74, 6) is 0. The molecule has 13 heavy (non-hydrogen) atoms. The van der Waals surface area contributed by atoms with Crippen LogP contribution in [0.2, 0.25) is 0 Å². The maximum atomic E-state index is 8.36. The molecule has 1 heterocycles. The Kier molecular flexibility index (Phi) is 4.82. The molecule has 0 bridgehead atoms. The van der Waals surface area contributed by atoms with Crippen molar-refractivity contribution in [2.45, 2.75) is 0 Å². The number of fused-ring (bicyclic) bond motifs is 1. The molecule has 0 saturated heterocycles. The van der Waals surface area contributed by atoms with Crippen LogP contribution in [0.5, 0.6) is 0 Å².